The molecule has 0 heterocycles. The van der Waals surface area contributed by atoms with Crippen molar-refractivity contribution in [2.24, 2.45) is 0 Å². The van der Waals surface area contributed by atoms with Crippen molar-refractivity contribution in [3.8, 4) is 5.75 Å². The SMILES string of the molecule is COc1cccc(S(=O)(=O)NCC(F)(F)CO)c1. The summed E-state index contributed by atoms with van der Waals surface area (Å²) in [5.41, 5.74) is 0. The first-order valence-corrected chi connectivity index (χ1v) is 6.41. The number of benzene rings is 1. The molecule has 0 aliphatic heterocycles. The summed E-state index contributed by atoms with van der Waals surface area (Å²) in [6.07, 6.45) is 0. The fourth-order valence-electron chi connectivity index (χ4n) is 1.11. The Bertz CT molecular complexity index is 504. The number of halogens is 2. The smallest absolute Gasteiger partial charge is 0.283 e. The van der Waals surface area contributed by atoms with Crippen molar-refractivity contribution >= 4 is 10.0 Å². The third kappa shape index (κ3) is 3.90. The first-order valence-electron chi connectivity index (χ1n) is 4.93. The second-order valence-electron chi connectivity index (χ2n) is 3.52. The molecule has 102 valence electrons. The van der Waals surface area contributed by atoms with Crippen LogP contribution in [0.25, 0.3) is 0 Å². The van der Waals surface area contributed by atoms with Gasteiger partial charge >= 0.3 is 0 Å². The van der Waals surface area contributed by atoms with Gasteiger partial charge in [0.1, 0.15) is 12.4 Å². The molecule has 8 heteroatoms. The van der Waals surface area contributed by atoms with E-state index in [0.29, 0.717) is 5.75 Å². The number of nitrogens with one attached hydrogen (secondary N) is 1. The summed E-state index contributed by atoms with van der Waals surface area (Å²) in [5, 5.41) is 8.34. The van der Waals surface area contributed by atoms with Gasteiger partial charge in [-0.1, -0.05) is 6.07 Å². The molecule has 1 aromatic rings. The van der Waals surface area contributed by atoms with E-state index in [-0.39, 0.29) is 4.90 Å². The summed E-state index contributed by atoms with van der Waals surface area (Å²) in [5.74, 6) is -3.20. The van der Waals surface area contributed by atoms with Crippen LogP contribution in [0.3, 0.4) is 0 Å². The Morgan fingerprint density at radius 1 is 1.44 bits per heavy atom. The molecule has 0 bridgehead atoms. The van der Waals surface area contributed by atoms with Gasteiger partial charge in [-0.3, -0.25) is 0 Å². The number of methoxy groups -OCH3 is 1. The molecule has 2 N–H and O–H groups in total. The average Bonchev–Trinajstić information content (AvgIpc) is 2.37. The van der Waals surface area contributed by atoms with Gasteiger partial charge in [-0.2, -0.15) is 0 Å². The van der Waals surface area contributed by atoms with Crippen molar-refractivity contribution in [2.45, 2.75) is 10.8 Å². The van der Waals surface area contributed by atoms with Crippen LogP contribution in [0.4, 0.5) is 8.78 Å². The first kappa shape index (κ1) is 14.8. The lowest BCUT2D eigenvalue weighted by atomic mass is 10.3. The summed E-state index contributed by atoms with van der Waals surface area (Å²) in [7, 11) is -2.70. The van der Waals surface area contributed by atoms with Crippen LogP contribution in [0.2, 0.25) is 0 Å². The minimum atomic E-state index is -4.06. The highest BCUT2D eigenvalue weighted by molar-refractivity contribution is 7.89. The highest BCUT2D eigenvalue weighted by Gasteiger charge is 2.30. The lowest BCUT2D eigenvalue weighted by Gasteiger charge is -2.14. The van der Waals surface area contributed by atoms with Crippen molar-refractivity contribution < 1.29 is 27.0 Å². The maximum Gasteiger partial charge on any atom is 0.283 e. The molecule has 0 aliphatic rings. The Labute approximate surface area is 103 Å². The molecule has 0 saturated heterocycles. The molecule has 0 aliphatic carbocycles. The van der Waals surface area contributed by atoms with Gasteiger partial charge in [-0.15, -0.1) is 0 Å². The normalized spacial score (nSPS) is 12.4. The molecular weight excluding hydrogens is 268 g/mol. The van der Waals surface area contributed by atoms with E-state index in [1.54, 1.807) is 4.72 Å². The number of rotatable bonds is 6. The van der Waals surface area contributed by atoms with Gasteiger partial charge in [-0.25, -0.2) is 21.9 Å². The second kappa shape index (κ2) is 5.59. The first-order chi connectivity index (χ1) is 8.30. The zero-order valence-corrected chi connectivity index (χ0v) is 10.4. The number of sulfonamides is 1. The molecule has 0 radical (unpaired) electrons. The minimum Gasteiger partial charge on any atom is -0.497 e. The third-order valence-corrected chi connectivity index (χ3v) is 3.50. The average molecular weight is 281 g/mol. The molecule has 18 heavy (non-hydrogen) atoms. The fraction of sp³-hybridized carbons (Fsp3) is 0.400. The van der Waals surface area contributed by atoms with Gasteiger partial charge in [0.15, 0.2) is 0 Å². The largest absolute Gasteiger partial charge is 0.497 e. The number of alkyl halides is 2. The van der Waals surface area contributed by atoms with E-state index in [1.165, 1.54) is 31.4 Å². The van der Waals surface area contributed by atoms with E-state index in [9.17, 15) is 17.2 Å². The van der Waals surface area contributed by atoms with Crippen molar-refractivity contribution in [3.63, 3.8) is 0 Å². The van der Waals surface area contributed by atoms with Crippen LogP contribution in [0.5, 0.6) is 5.75 Å². The minimum absolute atomic E-state index is 0.185. The summed E-state index contributed by atoms with van der Waals surface area (Å²) in [6.45, 7) is -2.59. The van der Waals surface area contributed by atoms with Crippen molar-refractivity contribution in [2.75, 3.05) is 20.3 Å². The molecule has 1 rings (SSSR count). The van der Waals surface area contributed by atoms with E-state index in [0.717, 1.165) is 0 Å². The lowest BCUT2D eigenvalue weighted by Crippen LogP contribution is -2.38. The number of aliphatic hydroxyl groups excluding tert-OH is 1. The standard InChI is InChI=1S/C10H13F2NO4S/c1-17-8-3-2-4-9(5-8)18(15,16)13-6-10(11,12)7-14/h2-5,13-14H,6-7H2,1H3. The van der Waals surface area contributed by atoms with Crippen LogP contribution < -0.4 is 9.46 Å². The van der Waals surface area contributed by atoms with Crippen LogP contribution in [-0.2, 0) is 10.0 Å². The van der Waals surface area contributed by atoms with Crippen LogP contribution in [-0.4, -0.2) is 39.7 Å². The zero-order valence-electron chi connectivity index (χ0n) is 9.56. The second-order valence-corrected chi connectivity index (χ2v) is 5.28. The van der Waals surface area contributed by atoms with E-state index in [4.69, 9.17) is 9.84 Å². The van der Waals surface area contributed by atoms with Crippen LogP contribution >= 0.6 is 0 Å². The van der Waals surface area contributed by atoms with E-state index in [2.05, 4.69) is 0 Å². The Kier molecular flexibility index (Phi) is 4.60. The maximum absolute atomic E-state index is 12.7. The van der Waals surface area contributed by atoms with Gasteiger partial charge < -0.3 is 9.84 Å². The Morgan fingerprint density at radius 2 is 2.11 bits per heavy atom. The van der Waals surface area contributed by atoms with Crippen molar-refractivity contribution in [1.29, 1.82) is 0 Å². The number of ether oxygens (including phenoxy) is 1. The monoisotopic (exact) mass is 281 g/mol. The highest BCUT2D eigenvalue weighted by Crippen LogP contribution is 2.18. The van der Waals surface area contributed by atoms with Crippen LogP contribution in [0.15, 0.2) is 29.2 Å². The molecule has 0 amide bonds. The van der Waals surface area contributed by atoms with Gasteiger partial charge in [0, 0.05) is 6.07 Å². The van der Waals surface area contributed by atoms with E-state index in [1.807, 2.05) is 0 Å². The highest BCUT2D eigenvalue weighted by atomic mass is 32.2. The molecule has 0 aromatic heterocycles. The maximum atomic E-state index is 12.7. The van der Waals surface area contributed by atoms with Gasteiger partial charge in [-0.05, 0) is 12.1 Å². The van der Waals surface area contributed by atoms with E-state index < -0.39 is 29.1 Å². The van der Waals surface area contributed by atoms with E-state index >= 15 is 0 Å². The van der Waals surface area contributed by atoms with Gasteiger partial charge in [0.2, 0.25) is 10.0 Å². The summed E-state index contributed by atoms with van der Waals surface area (Å²) < 4.78 is 55.4. The van der Waals surface area contributed by atoms with Crippen LogP contribution in [0, 0.1) is 0 Å². The topological polar surface area (TPSA) is 75.6 Å². The number of aliphatic hydroxyl groups is 1. The molecule has 0 fully saturated rings. The summed E-state index contributed by atoms with van der Waals surface area (Å²) in [6, 6.07) is 5.42. The lowest BCUT2D eigenvalue weighted by molar-refractivity contribution is -0.0437. The summed E-state index contributed by atoms with van der Waals surface area (Å²) in [4.78, 5) is -0.185. The Balaban J connectivity index is 2.86. The summed E-state index contributed by atoms with van der Waals surface area (Å²) >= 11 is 0. The third-order valence-electron chi connectivity index (χ3n) is 2.10. The quantitative estimate of drug-likeness (QED) is 0.800. The van der Waals surface area contributed by atoms with Crippen molar-refractivity contribution in [3.05, 3.63) is 24.3 Å². The van der Waals surface area contributed by atoms with Gasteiger partial charge in [0.05, 0.1) is 18.6 Å². The Morgan fingerprint density at radius 3 is 2.67 bits per heavy atom. The Hall–Kier alpha value is -1.25. The molecule has 0 saturated carbocycles. The fourth-order valence-corrected chi connectivity index (χ4v) is 2.21. The molecule has 5 nitrogen and oxygen atoms in total. The van der Waals surface area contributed by atoms with Gasteiger partial charge in [0.25, 0.3) is 5.92 Å². The zero-order chi connectivity index (χ0) is 13.8. The van der Waals surface area contributed by atoms with Crippen molar-refractivity contribution in [1.82, 2.24) is 4.72 Å². The molecule has 0 unspecified atom stereocenters. The molecule has 1 aromatic carbocycles. The van der Waals surface area contributed by atoms with Crippen LogP contribution in [0.1, 0.15) is 0 Å². The molecule has 0 spiro atoms. The number of hydrogen-bond acceptors (Lipinski definition) is 4. The predicted octanol–water partition coefficient (Wildman–Crippen LogP) is 0.601. The molecular formula is C10H13F2NO4S. The molecule has 0 atom stereocenters. The predicted molar refractivity (Wildman–Crippen MR) is 60.2 cm³/mol. The number of hydrogen-bond donors (Lipinski definition) is 2.